The van der Waals surface area contributed by atoms with Crippen molar-refractivity contribution in [2.45, 2.75) is 76.7 Å². The Morgan fingerprint density at radius 1 is 1.07 bits per heavy atom. The first kappa shape index (κ1) is 32.2. The summed E-state index contributed by atoms with van der Waals surface area (Å²) in [7, 11) is 1.23. The van der Waals surface area contributed by atoms with E-state index in [4.69, 9.17) is 9.84 Å². The topological polar surface area (TPSA) is 135 Å². The number of aromatic nitrogens is 2. The molecule has 0 radical (unpaired) electrons. The van der Waals surface area contributed by atoms with Crippen LogP contribution >= 0.6 is 0 Å². The molecule has 2 aliphatic carbocycles. The highest BCUT2D eigenvalue weighted by molar-refractivity contribution is 6.01. The quantitative estimate of drug-likeness (QED) is 0.254. The number of halogens is 4. The van der Waals surface area contributed by atoms with Crippen LogP contribution in [0, 0.1) is 23.6 Å². The number of aliphatic hydroxyl groups excluding tert-OH is 1. The first-order chi connectivity index (χ1) is 20.3. The Hall–Kier alpha value is -3.68. The molecule has 3 atom stereocenters. The SMILES string of the molecule is COc1cc(NC(=O)[C@@H](NC(=O)c2ccnn2C(C)C)C(C2CC2)C2CC2)c(F)cc1C(C)C(=O)NC(CO)C(F)(F)F. The average molecular weight is 612 g/mol. The fourth-order valence-corrected chi connectivity index (χ4v) is 5.41. The number of anilines is 1. The summed E-state index contributed by atoms with van der Waals surface area (Å²) in [6.07, 6.45) is 0.313. The van der Waals surface area contributed by atoms with Crippen LogP contribution in [-0.4, -0.2) is 64.6 Å². The molecule has 2 unspecified atom stereocenters. The van der Waals surface area contributed by atoms with Crippen molar-refractivity contribution >= 4 is 23.4 Å². The standard InChI is InChI=1S/C29H37F4N5O5/c1-14(2)38-21(9-10-34-38)27(41)37-25(24(16-5-6-16)17-7-8-17)28(42)35-20-12-22(43-4)18(11-19(20)30)15(3)26(40)36-23(13-39)29(31,32)33/h9-12,14-17,23-25,39H,5-8,13H2,1-4H3,(H,35,42)(H,36,40)(H,37,41)/t15?,23?,25-/m0/s1. The molecule has 4 rings (SSSR count). The number of rotatable bonds is 13. The average Bonchev–Trinajstić information content (AvgIpc) is 3.90. The summed E-state index contributed by atoms with van der Waals surface area (Å²) in [6.45, 7) is 3.64. The van der Waals surface area contributed by atoms with E-state index in [2.05, 4.69) is 15.7 Å². The van der Waals surface area contributed by atoms with Crippen LogP contribution in [-0.2, 0) is 9.59 Å². The monoisotopic (exact) mass is 611 g/mol. The van der Waals surface area contributed by atoms with E-state index in [1.807, 2.05) is 13.8 Å². The van der Waals surface area contributed by atoms with Gasteiger partial charge in [-0.15, -0.1) is 0 Å². The van der Waals surface area contributed by atoms with Crippen LogP contribution in [0.5, 0.6) is 5.75 Å². The lowest BCUT2D eigenvalue weighted by Crippen LogP contribution is -2.50. The van der Waals surface area contributed by atoms with E-state index in [1.165, 1.54) is 20.2 Å². The van der Waals surface area contributed by atoms with E-state index >= 15 is 4.39 Å². The number of aliphatic hydroxyl groups is 1. The smallest absolute Gasteiger partial charge is 0.410 e. The number of hydrogen-bond acceptors (Lipinski definition) is 6. The number of nitrogens with zero attached hydrogens (tertiary/aromatic N) is 2. The van der Waals surface area contributed by atoms with Crippen LogP contribution in [0.4, 0.5) is 23.2 Å². The van der Waals surface area contributed by atoms with Gasteiger partial charge >= 0.3 is 6.18 Å². The Balaban J connectivity index is 1.57. The van der Waals surface area contributed by atoms with Crippen molar-refractivity contribution in [2.75, 3.05) is 19.0 Å². The molecular formula is C29H37F4N5O5. The van der Waals surface area contributed by atoms with Crippen LogP contribution in [0.1, 0.15) is 74.5 Å². The molecule has 2 saturated carbocycles. The molecule has 0 bridgehead atoms. The Kier molecular flexibility index (Phi) is 9.67. The van der Waals surface area contributed by atoms with Gasteiger partial charge in [-0.1, -0.05) is 0 Å². The largest absolute Gasteiger partial charge is 0.496 e. The van der Waals surface area contributed by atoms with Crippen molar-refractivity contribution in [3.8, 4) is 5.75 Å². The van der Waals surface area contributed by atoms with Gasteiger partial charge in [0.2, 0.25) is 11.8 Å². The molecule has 1 heterocycles. The zero-order chi connectivity index (χ0) is 31.6. The number of methoxy groups -OCH3 is 1. The van der Waals surface area contributed by atoms with Crippen molar-refractivity contribution in [1.29, 1.82) is 0 Å². The Labute approximate surface area is 246 Å². The summed E-state index contributed by atoms with van der Waals surface area (Å²) in [6, 6.07) is 0.0676. The van der Waals surface area contributed by atoms with Crippen LogP contribution < -0.4 is 20.7 Å². The summed E-state index contributed by atoms with van der Waals surface area (Å²) < 4.78 is 61.4. The molecule has 0 aliphatic heterocycles. The third-order valence-electron chi connectivity index (χ3n) is 8.01. The summed E-state index contributed by atoms with van der Waals surface area (Å²) >= 11 is 0. The molecule has 10 nitrogen and oxygen atoms in total. The molecule has 3 amide bonds. The number of carbonyl (C=O) groups excluding carboxylic acids is 3. The molecule has 2 aromatic rings. The molecule has 43 heavy (non-hydrogen) atoms. The Bertz CT molecular complexity index is 1330. The zero-order valence-corrected chi connectivity index (χ0v) is 24.4. The maximum Gasteiger partial charge on any atom is 0.410 e. The van der Waals surface area contributed by atoms with E-state index in [1.54, 1.807) is 16.1 Å². The highest BCUT2D eigenvalue weighted by Gasteiger charge is 2.48. The van der Waals surface area contributed by atoms with Crippen LogP contribution in [0.25, 0.3) is 0 Å². The van der Waals surface area contributed by atoms with E-state index < -0.39 is 54.3 Å². The number of ether oxygens (including phenoxy) is 1. The van der Waals surface area contributed by atoms with Gasteiger partial charge in [-0.05, 0) is 76.3 Å². The van der Waals surface area contributed by atoms with Gasteiger partial charge in [0, 0.05) is 23.9 Å². The second-order valence-corrected chi connectivity index (χ2v) is 11.5. The maximum absolute atomic E-state index is 15.4. The van der Waals surface area contributed by atoms with Crippen molar-refractivity contribution in [1.82, 2.24) is 20.4 Å². The second-order valence-electron chi connectivity index (χ2n) is 11.5. The Morgan fingerprint density at radius 2 is 1.70 bits per heavy atom. The van der Waals surface area contributed by atoms with Crippen molar-refractivity contribution in [3.05, 3.63) is 41.5 Å². The number of nitrogens with one attached hydrogen (secondary N) is 3. The lowest BCUT2D eigenvalue weighted by atomic mass is 9.88. The van der Waals surface area contributed by atoms with Crippen LogP contribution in [0.15, 0.2) is 24.4 Å². The molecule has 0 saturated heterocycles. The predicted molar refractivity (Wildman–Crippen MR) is 148 cm³/mol. The lowest BCUT2D eigenvalue weighted by molar-refractivity contribution is -0.168. The van der Waals surface area contributed by atoms with Gasteiger partial charge in [0.15, 0.2) is 0 Å². The molecule has 1 aromatic carbocycles. The molecule has 4 N–H and O–H groups in total. The number of benzene rings is 1. The molecule has 236 valence electrons. The lowest BCUT2D eigenvalue weighted by Gasteiger charge is -2.28. The van der Waals surface area contributed by atoms with Gasteiger partial charge < -0.3 is 25.8 Å². The number of amides is 3. The van der Waals surface area contributed by atoms with Gasteiger partial charge in [-0.25, -0.2) is 4.39 Å². The zero-order valence-electron chi connectivity index (χ0n) is 24.4. The highest BCUT2D eigenvalue weighted by Crippen LogP contribution is 2.51. The Morgan fingerprint density at radius 3 is 2.21 bits per heavy atom. The number of carbonyl (C=O) groups is 3. The second kappa shape index (κ2) is 12.9. The third-order valence-corrected chi connectivity index (χ3v) is 8.01. The number of alkyl halides is 3. The van der Waals surface area contributed by atoms with Crippen LogP contribution in [0.2, 0.25) is 0 Å². The van der Waals surface area contributed by atoms with Gasteiger partial charge in [0.1, 0.15) is 29.3 Å². The summed E-state index contributed by atoms with van der Waals surface area (Å²) in [5.41, 5.74) is -0.0508. The van der Waals surface area contributed by atoms with Crippen LogP contribution in [0.3, 0.4) is 0 Å². The van der Waals surface area contributed by atoms with E-state index in [-0.39, 0.29) is 46.5 Å². The van der Waals surface area contributed by atoms with Crippen molar-refractivity contribution in [3.63, 3.8) is 0 Å². The van der Waals surface area contributed by atoms with E-state index in [0.717, 1.165) is 37.8 Å². The summed E-state index contributed by atoms with van der Waals surface area (Å²) in [4.78, 5) is 39.6. The van der Waals surface area contributed by atoms with Crippen molar-refractivity contribution in [2.24, 2.45) is 17.8 Å². The first-order valence-corrected chi connectivity index (χ1v) is 14.3. The highest BCUT2D eigenvalue weighted by atomic mass is 19.4. The maximum atomic E-state index is 15.4. The minimum absolute atomic E-state index is 0.0470. The van der Waals surface area contributed by atoms with E-state index in [9.17, 15) is 27.6 Å². The van der Waals surface area contributed by atoms with Gasteiger partial charge in [-0.3, -0.25) is 19.1 Å². The van der Waals surface area contributed by atoms with Gasteiger partial charge in [-0.2, -0.15) is 18.3 Å². The fourth-order valence-electron chi connectivity index (χ4n) is 5.41. The van der Waals surface area contributed by atoms with Gasteiger partial charge in [0.05, 0.1) is 25.3 Å². The molecule has 1 aromatic heterocycles. The molecule has 0 spiro atoms. The fraction of sp³-hybridized carbons (Fsp3) is 0.586. The van der Waals surface area contributed by atoms with Crippen molar-refractivity contribution < 1.29 is 41.8 Å². The molecule has 2 fully saturated rings. The normalized spacial score (nSPS) is 17.4. The third kappa shape index (κ3) is 7.46. The predicted octanol–water partition coefficient (Wildman–Crippen LogP) is 3.93. The first-order valence-electron chi connectivity index (χ1n) is 14.3. The summed E-state index contributed by atoms with van der Waals surface area (Å²) in [5, 5.41) is 20.4. The van der Waals surface area contributed by atoms with E-state index in [0.29, 0.717) is 0 Å². The molecule has 2 aliphatic rings. The molecule has 14 heteroatoms. The van der Waals surface area contributed by atoms with Gasteiger partial charge in [0.25, 0.3) is 5.91 Å². The minimum Gasteiger partial charge on any atom is -0.496 e. The minimum atomic E-state index is -4.88. The number of hydrogen-bond donors (Lipinski definition) is 4. The summed E-state index contributed by atoms with van der Waals surface area (Å²) in [5.74, 6) is -4.14. The molecular weight excluding hydrogens is 574 g/mol.